The van der Waals surface area contributed by atoms with E-state index in [1.165, 1.54) is 0 Å². The van der Waals surface area contributed by atoms with E-state index in [-0.39, 0.29) is 5.91 Å². The standard InChI is InChI=1S/C22H23Cl2N3O/c1-4-26(5-2)14-19-22(28)27(6-3)20-12-11-15(23)13-17(20)21(25-19)16-9-7-8-10-18(16)24/h7-14H,4-6H2,1-3H3. The fourth-order valence-corrected chi connectivity index (χ4v) is 3.64. The summed E-state index contributed by atoms with van der Waals surface area (Å²) < 4.78 is 0. The molecule has 0 atom stereocenters. The summed E-state index contributed by atoms with van der Waals surface area (Å²) >= 11 is 12.8. The summed E-state index contributed by atoms with van der Waals surface area (Å²) in [6.45, 7) is 8.14. The number of benzodiazepines with no additional fused rings is 1. The first-order chi connectivity index (χ1) is 13.5. The van der Waals surface area contributed by atoms with Gasteiger partial charge in [0.2, 0.25) is 0 Å². The first-order valence-corrected chi connectivity index (χ1v) is 10.2. The number of amides is 1. The van der Waals surface area contributed by atoms with Gasteiger partial charge in [-0.3, -0.25) is 4.79 Å². The SMILES string of the molecule is CCN(C=C1N=C(c2ccccc2Cl)c2cc(Cl)ccc2N(CC)C1=O)CC. The third-order valence-corrected chi connectivity index (χ3v) is 5.33. The molecule has 1 heterocycles. The Balaban J connectivity index is 2.32. The van der Waals surface area contributed by atoms with Gasteiger partial charge >= 0.3 is 0 Å². The van der Waals surface area contributed by atoms with Crippen LogP contribution in [-0.4, -0.2) is 36.2 Å². The van der Waals surface area contributed by atoms with Crippen LogP contribution in [0.25, 0.3) is 0 Å². The molecule has 0 spiro atoms. The van der Waals surface area contributed by atoms with Crippen LogP contribution in [0.2, 0.25) is 10.0 Å². The second kappa shape index (κ2) is 8.80. The van der Waals surface area contributed by atoms with E-state index >= 15 is 0 Å². The van der Waals surface area contributed by atoms with Gasteiger partial charge in [0.15, 0.2) is 0 Å². The smallest absolute Gasteiger partial charge is 0.278 e. The van der Waals surface area contributed by atoms with Gasteiger partial charge in [0.25, 0.3) is 5.91 Å². The van der Waals surface area contributed by atoms with E-state index in [2.05, 4.69) is 4.90 Å². The van der Waals surface area contributed by atoms with Gasteiger partial charge < -0.3 is 9.80 Å². The topological polar surface area (TPSA) is 35.9 Å². The zero-order chi connectivity index (χ0) is 20.3. The molecular weight excluding hydrogens is 393 g/mol. The molecule has 1 aliphatic rings. The van der Waals surface area contributed by atoms with Crippen molar-refractivity contribution in [3.63, 3.8) is 0 Å². The highest BCUT2D eigenvalue weighted by Crippen LogP contribution is 2.33. The molecule has 0 bridgehead atoms. The van der Waals surface area contributed by atoms with E-state index in [9.17, 15) is 4.79 Å². The van der Waals surface area contributed by atoms with Crippen molar-refractivity contribution in [2.24, 2.45) is 4.99 Å². The monoisotopic (exact) mass is 415 g/mol. The fraction of sp³-hybridized carbons (Fsp3) is 0.273. The number of fused-ring (bicyclic) bond motifs is 1. The Labute approximate surface area is 176 Å². The number of aliphatic imine (C=N–C) groups is 1. The largest absolute Gasteiger partial charge is 0.376 e. The maximum absolute atomic E-state index is 13.3. The number of hydrogen-bond acceptors (Lipinski definition) is 3. The van der Waals surface area contributed by atoms with Gasteiger partial charge in [0.1, 0.15) is 5.70 Å². The van der Waals surface area contributed by atoms with Crippen molar-refractivity contribution in [2.75, 3.05) is 24.5 Å². The van der Waals surface area contributed by atoms with Crippen LogP contribution in [0.3, 0.4) is 0 Å². The Kier molecular flexibility index (Phi) is 6.42. The summed E-state index contributed by atoms with van der Waals surface area (Å²) in [4.78, 5) is 21.9. The van der Waals surface area contributed by atoms with Gasteiger partial charge in [-0.2, -0.15) is 0 Å². The van der Waals surface area contributed by atoms with Crippen molar-refractivity contribution in [3.05, 3.63) is 75.5 Å². The third-order valence-electron chi connectivity index (χ3n) is 4.76. The van der Waals surface area contributed by atoms with E-state index in [1.54, 1.807) is 11.0 Å². The van der Waals surface area contributed by atoms with Crippen LogP contribution in [0, 0.1) is 0 Å². The third kappa shape index (κ3) is 3.94. The number of carbonyl (C=O) groups excluding carboxylic acids is 1. The first-order valence-electron chi connectivity index (χ1n) is 9.41. The predicted octanol–water partition coefficient (Wildman–Crippen LogP) is 5.38. The molecule has 0 fully saturated rings. The van der Waals surface area contributed by atoms with Gasteiger partial charge in [-0.25, -0.2) is 4.99 Å². The Morgan fingerprint density at radius 1 is 1.04 bits per heavy atom. The molecule has 2 aromatic rings. The van der Waals surface area contributed by atoms with Crippen molar-refractivity contribution < 1.29 is 4.79 Å². The molecule has 3 rings (SSSR count). The Morgan fingerprint density at radius 2 is 1.75 bits per heavy atom. The van der Waals surface area contributed by atoms with E-state index in [0.29, 0.717) is 28.0 Å². The molecule has 0 saturated carbocycles. The lowest BCUT2D eigenvalue weighted by molar-refractivity contribution is -0.115. The van der Waals surface area contributed by atoms with Gasteiger partial charge in [-0.1, -0.05) is 41.4 Å². The summed E-state index contributed by atoms with van der Waals surface area (Å²) in [7, 11) is 0. The minimum Gasteiger partial charge on any atom is -0.376 e. The zero-order valence-electron chi connectivity index (χ0n) is 16.2. The second-order valence-electron chi connectivity index (χ2n) is 6.39. The van der Waals surface area contributed by atoms with Gasteiger partial charge in [0.05, 0.1) is 11.4 Å². The Bertz CT molecular complexity index is 949. The minimum absolute atomic E-state index is 0.139. The number of hydrogen-bond donors (Lipinski definition) is 0. The number of halogens is 2. The molecule has 1 aliphatic heterocycles. The van der Waals surface area contributed by atoms with Crippen molar-refractivity contribution in [1.29, 1.82) is 0 Å². The van der Waals surface area contributed by atoms with Crippen LogP contribution in [0.15, 0.2) is 59.4 Å². The second-order valence-corrected chi connectivity index (χ2v) is 7.23. The molecule has 4 nitrogen and oxygen atoms in total. The highest BCUT2D eigenvalue weighted by atomic mass is 35.5. The van der Waals surface area contributed by atoms with Crippen LogP contribution in [0.4, 0.5) is 5.69 Å². The lowest BCUT2D eigenvalue weighted by Crippen LogP contribution is -2.32. The average Bonchev–Trinajstić information content (AvgIpc) is 2.81. The molecule has 0 aromatic heterocycles. The molecule has 28 heavy (non-hydrogen) atoms. The van der Waals surface area contributed by atoms with Crippen molar-refractivity contribution in [3.8, 4) is 0 Å². The van der Waals surface area contributed by atoms with E-state index in [4.69, 9.17) is 28.2 Å². The molecule has 1 amide bonds. The predicted molar refractivity (Wildman–Crippen MR) is 118 cm³/mol. The average molecular weight is 416 g/mol. The van der Waals surface area contributed by atoms with Crippen LogP contribution < -0.4 is 4.90 Å². The number of likely N-dealkylation sites (N-methyl/N-ethyl adjacent to an activating group) is 1. The highest BCUT2D eigenvalue weighted by Gasteiger charge is 2.28. The van der Waals surface area contributed by atoms with Crippen molar-refractivity contribution >= 4 is 40.5 Å². The molecular formula is C22H23Cl2N3O. The molecule has 0 saturated heterocycles. The summed E-state index contributed by atoms with van der Waals surface area (Å²) in [6, 6.07) is 13.0. The summed E-state index contributed by atoms with van der Waals surface area (Å²) in [6.07, 6.45) is 1.83. The number of anilines is 1. The lowest BCUT2D eigenvalue weighted by atomic mass is 10.00. The van der Waals surface area contributed by atoms with Crippen molar-refractivity contribution in [1.82, 2.24) is 4.90 Å². The minimum atomic E-state index is -0.139. The molecule has 146 valence electrons. The number of rotatable bonds is 5. The summed E-state index contributed by atoms with van der Waals surface area (Å²) in [5, 5.41) is 1.16. The van der Waals surface area contributed by atoms with Crippen LogP contribution in [0.1, 0.15) is 31.9 Å². The molecule has 6 heteroatoms. The van der Waals surface area contributed by atoms with E-state index in [1.807, 2.05) is 63.4 Å². The van der Waals surface area contributed by atoms with E-state index in [0.717, 1.165) is 29.9 Å². The maximum atomic E-state index is 13.3. The molecule has 0 N–H and O–H groups in total. The molecule has 0 aliphatic carbocycles. The lowest BCUT2D eigenvalue weighted by Gasteiger charge is -2.22. The van der Waals surface area contributed by atoms with Gasteiger partial charge in [0, 0.05) is 47.0 Å². The summed E-state index contributed by atoms with van der Waals surface area (Å²) in [5.41, 5.74) is 3.36. The van der Waals surface area contributed by atoms with Crippen LogP contribution in [-0.2, 0) is 4.79 Å². The van der Waals surface area contributed by atoms with Gasteiger partial charge in [-0.15, -0.1) is 0 Å². The van der Waals surface area contributed by atoms with Crippen LogP contribution >= 0.6 is 23.2 Å². The normalized spacial score (nSPS) is 15.3. The highest BCUT2D eigenvalue weighted by molar-refractivity contribution is 6.37. The summed E-state index contributed by atoms with van der Waals surface area (Å²) in [5.74, 6) is -0.139. The number of benzene rings is 2. The molecule has 2 aromatic carbocycles. The Morgan fingerprint density at radius 3 is 2.39 bits per heavy atom. The first kappa shape index (κ1) is 20.4. The quantitative estimate of drug-likeness (QED) is 0.614. The maximum Gasteiger partial charge on any atom is 0.278 e. The Hall–Kier alpha value is -2.30. The number of nitrogens with zero attached hydrogens (tertiary/aromatic N) is 3. The van der Waals surface area contributed by atoms with Crippen LogP contribution in [0.5, 0.6) is 0 Å². The molecule has 0 radical (unpaired) electrons. The van der Waals surface area contributed by atoms with E-state index < -0.39 is 0 Å². The van der Waals surface area contributed by atoms with Gasteiger partial charge in [-0.05, 0) is 45.0 Å². The fourth-order valence-electron chi connectivity index (χ4n) is 3.25. The zero-order valence-corrected chi connectivity index (χ0v) is 17.8. The molecule has 0 unspecified atom stereocenters. The van der Waals surface area contributed by atoms with Crippen molar-refractivity contribution in [2.45, 2.75) is 20.8 Å². The number of carbonyl (C=O) groups is 1.